The fraction of sp³-hybridized carbons (Fsp3) is 0.500. The average molecular weight is 157 g/mol. The number of hydrogen-bond acceptors (Lipinski definition) is 3. The number of hydrazone groups is 1. The van der Waals surface area contributed by atoms with Gasteiger partial charge in [0, 0.05) is 19.6 Å². The molecule has 0 aromatic rings. The minimum absolute atomic E-state index is 0.0162. The van der Waals surface area contributed by atoms with Gasteiger partial charge in [-0.05, 0) is 6.42 Å². The van der Waals surface area contributed by atoms with Crippen LogP contribution in [-0.4, -0.2) is 18.0 Å². The molecule has 5 heteroatoms. The first-order chi connectivity index (χ1) is 5.13. The van der Waals surface area contributed by atoms with Crippen molar-refractivity contribution in [2.45, 2.75) is 19.8 Å². The maximum absolute atomic E-state index is 10.2. The van der Waals surface area contributed by atoms with E-state index < -0.39 is 0 Å². The van der Waals surface area contributed by atoms with Crippen LogP contribution in [0.4, 0.5) is 0 Å². The summed E-state index contributed by atoms with van der Waals surface area (Å²) in [5.74, 6) is -0.317. The number of rotatable bonds is 0. The minimum Gasteiger partial charge on any atom is -0.370 e. The Bertz CT molecular complexity index is 173. The highest BCUT2D eigenvalue weighted by Crippen LogP contribution is 1.88. The van der Waals surface area contributed by atoms with Gasteiger partial charge in [0.2, 0.25) is 11.8 Å². The van der Waals surface area contributed by atoms with Gasteiger partial charge in [0.05, 0.1) is 0 Å². The highest BCUT2D eigenvalue weighted by Gasteiger charge is 1.99. The maximum Gasteiger partial charge on any atom is 0.240 e. The van der Waals surface area contributed by atoms with Crippen LogP contribution in [0.2, 0.25) is 0 Å². The third-order valence-corrected chi connectivity index (χ3v) is 0.781. The van der Waals surface area contributed by atoms with Crippen LogP contribution in [0.5, 0.6) is 0 Å². The van der Waals surface area contributed by atoms with Crippen molar-refractivity contribution in [1.82, 2.24) is 5.43 Å². The number of hydrogen-bond donors (Lipinski definition) is 2. The summed E-state index contributed by atoms with van der Waals surface area (Å²) in [5, 5.41) is 3.53. The lowest BCUT2D eigenvalue weighted by Gasteiger charge is -1.99. The molecule has 0 spiro atoms. The molecule has 1 heterocycles. The molecule has 0 fully saturated rings. The number of primary amides is 1. The highest BCUT2D eigenvalue weighted by molar-refractivity contribution is 5.81. The fourth-order valence-corrected chi connectivity index (χ4v) is 0.434. The molecule has 62 valence electrons. The molecule has 2 amide bonds. The second-order valence-electron chi connectivity index (χ2n) is 2.00. The first-order valence-electron chi connectivity index (χ1n) is 3.19. The van der Waals surface area contributed by atoms with Crippen LogP contribution in [0.15, 0.2) is 5.10 Å². The highest BCUT2D eigenvalue weighted by atomic mass is 16.2. The molecular formula is C6H11N3O2. The second kappa shape index (κ2) is 5.40. The van der Waals surface area contributed by atoms with Crippen LogP contribution >= 0.6 is 0 Å². The Morgan fingerprint density at radius 1 is 1.82 bits per heavy atom. The molecule has 1 aliphatic rings. The Hall–Kier alpha value is -1.39. The van der Waals surface area contributed by atoms with Crippen molar-refractivity contribution in [3.63, 3.8) is 0 Å². The maximum atomic E-state index is 10.2. The van der Waals surface area contributed by atoms with Crippen molar-refractivity contribution in [3.05, 3.63) is 0 Å². The summed E-state index contributed by atoms with van der Waals surface area (Å²) in [6.07, 6.45) is 3.07. The summed E-state index contributed by atoms with van der Waals surface area (Å²) in [6.45, 7) is 1.31. The van der Waals surface area contributed by atoms with Gasteiger partial charge in [-0.25, -0.2) is 5.43 Å². The second-order valence-corrected chi connectivity index (χ2v) is 2.00. The quantitative estimate of drug-likeness (QED) is 0.490. The van der Waals surface area contributed by atoms with Crippen molar-refractivity contribution in [1.29, 1.82) is 0 Å². The summed E-state index contributed by atoms with van der Waals surface area (Å²) >= 11 is 0. The first-order valence-corrected chi connectivity index (χ1v) is 3.19. The van der Waals surface area contributed by atoms with Gasteiger partial charge < -0.3 is 5.73 Å². The number of carbonyl (C=O) groups excluding carboxylic acids is 2. The van der Waals surface area contributed by atoms with E-state index in [2.05, 4.69) is 16.3 Å². The molecule has 0 atom stereocenters. The normalized spacial score (nSPS) is 14.5. The van der Waals surface area contributed by atoms with Crippen LogP contribution in [0.3, 0.4) is 0 Å². The van der Waals surface area contributed by atoms with Gasteiger partial charge >= 0.3 is 0 Å². The molecule has 0 unspecified atom stereocenters. The van der Waals surface area contributed by atoms with E-state index in [9.17, 15) is 9.59 Å². The smallest absolute Gasteiger partial charge is 0.240 e. The summed E-state index contributed by atoms with van der Waals surface area (Å²) < 4.78 is 0. The molecule has 0 aromatic carbocycles. The van der Waals surface area contributed by atoms with Crippen molar-refractivity contribution < 1.29 is 9.59 Å². The molecule has 5 nitrogen and oxygen atoms in total. The van der Waals surface area contributed by atoms with Crippen molar-refractivity contribution in [3.8, 4) is 0 Å². The first kappa shape index (κ1) is 9.61. The zero-order chi connectivity index (χ0) is 8.69. The van der Waals surface area contributed by atoms with Gasteiger partial charge in [-0.3, -0.25) is 9.59 Å². The number of nitrogens with two attached hydrogens (primary N) is 1. The number of nitrogens with one attached hydrogen (secondary N) is 1. The molecule has 0 aliphatic carbocycles. The zero-order valence-electron chi connectivity index (χ0n) is 6.33. The minimum atomic E-state index is -0.333. The van der Waals surface area contributed by atoms with Crippen molar-refractivity contribution in [2.75, 3.05) is 0 Å². The Labute approximate surface area is 64.6 Å². The lowest BCUT2D eigenvalue weighted by molar-refractivity contribution is -0.121. The van der Waals surface area contributed by atoms with E-state index >= 15 is 0 Å². The Morgan fingerprint density at radius 3 is 2.55 bits per heavy atom. The van der Waals surface area contributed by atoms with E-state index in [4.69, 9.17) is 0 Å². The molecule has 0 bridgehead atoms. The van der Waals surface area contributed by atoms with E-state index in [1.807, 2.05) is 0 Å². The molecule has 0 radical (unpaired) electrons. The van der Waals surface area contributed by atoms with Crippen LogP contribution in [-0.2, 0) is 9.59 Å². The van der Waals surface area contributed by atoms with E-state index in [-0.39, 0.29) is 11.8 Å². The van der Waals surface area contributed by atoms with E-state index in [0.29, 0.717) is 6.42 Å². The van der Waals surface area contributed by atoms with Crippen LogP contribution in [0.25, 0.3) is 0 Å². The molecule has 1 rings (SSSR count). The molecule has 0 saturated carbocycles. The molecule has 3 N–H and O–H groups in total. The monoisotopic (exact) mass is 157 g/mol. The SMILES string of the molecule is CC(N)=O.O=C1CCC=NN1. The summed E-state index contributed by atoms with van der Waals surface area (Å²) in [4.78, 5) is 19.5. The van der Waals surface area contributed by atoms with Gasteiger partial charge in [0.1, 0.15) is 0 Å². The summed E-state index contributed by atoms with van der Waals surface area (Å²) in [6, 6.07) is 0. The standard InChI is InChI=1S/C4H6N2O.C2H5NO/c7-4-2-1-3-5-6-4;1-2(3)4/h3H,1-2H2,(H,6,7);1H3,(H2,3,4). The molecule has 0 aromatic heterocycles. The van der Waals surface area contributed by atoms with Gasteiger partial charge in [0.25, 0.3) is 0 Å². The topological polar surface area (TPSA) is 84.6 Å². The van der Waals surface area contributed by atoms with Gasteiger partial charge in [-0.1, -0.05) is 0 Å². The zero-order valence-corrected chi connectivity index (χ0v) is 6.33. The Kier molecular flexibility index (Phi) is 4.72. The molecule has 1 aliphatic heterocycles. The largest absolute Gasteiger partial charge is 0.370 e. The Morgan fingerprint density at radius 2 is 2.36 bits per heavy atom. The van der Waals surface area contributed by atoms with Crippen LogP contribution < -0.4 is 11.2 Å². The third-order valence-electron chi connectivity index (χ3n) is 0.781. The number of amides is 2. The van der Waals surface area contributed by atoms with Gasteiger partial charge in [-0.2, -0.15) is 5.10 Å². The van der Waals surface area contributed by atoms with E-state index in [1.165, 1.54) is 6.92 Å². The van der Waals surface area contributed by atoms with Gasteiger partial charge in [0.15, 0.2) is 0 Å². The summed E-state index contributed by atoms with van der Waals surface area (Å²) in [7, 11) is 0. The predicted octanol–water partition coefficient (Wildman–Crippen LogP) is -0.626. The number of carbonyl (C=O) groups is 2. The third kappa shape index (κ3) is 8.61. The lowest BCUT2D eigenvalue weighted by atomic mass is 10.3. The van der Waals surface area contributed by atoms with Crippen LogP contribution in [0, 0.1) is 0 Å². The fourth-order valence-electron chi connectivity index (χ4n) is 0.434. The van der Waals surface area contributed by atoms with Crippen molar-refractivity contribution >= 4 is 18.0 Å². The lowest BCUT2D eigenvalue weighted by Crippen LogP contribution is -2.20. The van der Waals surface area contributed by atoms with Crippen LogP contribution in [0.1, 0.15) is 19.8 Å². The summed E-state index contributed by atoms with van der Waals surface area (Å²) in [5.41, 5.74) is 6.78. The molecular weight excluding hydrogens is 146 g/mol. The predicted molar refractivity (Wildman–Crippen MR) is 40.7 cm³/mol. The van der Waals surface area contributed by atoms with Gasteiger partial charge in [-0.15, -0.1) is 0 Å². The molecule has 0 saturated heterocycles. The van der Waals surface area contributed by atoms with E-state index in [0.717, 1.165) is 6.42 Å². The molecule has 11 heavy (non-hydrogen) atoms. The Balaban J connectivity index is 0.000000218. The van der Waals surface area contributed by atoms with E-state index in [1.54, 1.807) is 6.21 Å². The van der Waals surface area contributed by atoms with Crippen molar-refractivity contribution in [2.24, 2.45) is 10.8 Å². The average Bonchev–Trinajstić information content (AvgIpc) is 1.87. The number of nitrogens with zero attached hydrogens (tertiary/aromatic N) is 1.